The van der Waals surface area contributed by atoms with Gasteiger partial charge in [0.15, 0.2) is 0 Å². The second-order valence-electron chi connectivity index (χ2n) is 7.97. The quantitative estimate of drug-likeness (QED) is 0.917. The van der Waals surface area contributed by atoms with Gasteiger partial charge in [0.05, 0.1) is 11.7 Å². The Morgan fingerprint density at radius 1 is 1.05 bits per heavy atom. The van der Waals surface area contributed by atoms with E-state index in [0.717, 1.165) is 36.3 Å². The van der Waals surface area contributed by atoms with E-state index in [9.17, 15) is 0 Å². The Morgan fingerprint density at radius 3 is 2.57 bits per heavy atom. The fourth-order valence-corrected chi connectivity index (χ4v) is 5.84. The van der Waals surface area contributed by atoms with E-state index in [-0.39, 0.29) is 0 Å². The van der Waals surface area contributed by atoms with Gasteiger partial charge in [0.25, 0.3) is 0 Å². The average molecular weight is 285 g/mol. The second kappa shape index (κ2) is 4.84. The zero-order valence-electron chi connectivity index (χ0n) is 12.9. The van der Waals surface area contributed by atoms with E-state index in [1.54, 1.807) is 6.42 Å². The van der Waals surface area contributed by atoms with E-state index in [0.29, 0.717) is 6.04 Å². The highest BCUT2D eigenvalue weighted by molar-refractivity contribution is 5.17. The highest BCUT2D eigenvalue weighted by Gasteiger charge is 2.64. The summed E-state index contributed by atoms with van der Waals surface area (Å²) in [5, 5.41) is 8.65. The number of rotatable bonds is 4. The van der Waals surface area contributed by atoms with Crippen LogP contribution in [0.15, 0.2) is 12.3 Å². The molecule has 0 radical (unpaired) electrons. The minimum Gasteiger partial charge on any atom is -0.308 e. The number of nitrogens with one attached hydrogen (secondary N) is 1. The second-order valence-corrected chi connectivity index (χ2v) is 7.97. The normalized spacial score (nSPS) is 41.4. The SMILES string of the molecule is c1cn(C2CCCCC2)nc1CNC1C2C3CCC(C3)C12. The van der Waals surface area contributed by atoms with Gasteiger partial charge >= 0.3 is 0 Å². The van der Waals surface area contributed by atoms with Crippen LogP contribution in [-0.2, 0) is 6.54 Å². The van der Waals surface area contributed by atoms with Crippen LogP contribution in [0.1, 0.15) is 63.1 Å². The van der Waals surface area contributed by atoms with Crippen molar-refractivity contribution in [2.45, 2.75) is 70.0 Å². The molecule has 0 aromatic carbocycles. The van der Waals surface area contributed by atoms with Crippen LogP contribution in [0.4, 0.5) is 0 Å². The summed E-state index contributed by atoms with van der Waals surface area (Å²) in [4.78, 5) is 0. The Kier molecular flexibility index (Phi) is 2.92. The van der Waals surface area contributed by atoms with Crippen molar-refractivity contribution in [2.24, 2.45) is 23.7 Å². The van der Waals surface area contributed by atoms with Crippen molar-refractivity contribution in [1.29, 1.82) is 0 Å². The summed E-state index contributed by atoms with van der Waals surface area (Å²) in [6.45, 7) is 0.983. The van der Waals surface area contributed by atoms with Crippen molar-refractivity contribution in [3.05, 3.63) is 18.0 Å². The smallest absolute Gasteiger partial charge is 0.0762 e. The van der Waals surface area contributed by atoms with Gasteiger partial charge in [-0.25, -0.2) is 0 Å². The van der Waals surface area contributed by atoms with Gasteiger partial charge in [-0.05, 0) is 61.8 Å². The lowest BCUT2D eigenvalue weighted by Crippen LogP contribution is -2.23. The van der Waals surface area contributed by atoms with E-state index in [4.69, 9.17) is 5.10 Å². The minimum atomic E-state index is 0.670. The third-order valence-corrected chi connectivity index (χ3v) is 6.87. The molecule has 4 unspecified atom stereocenters. The van der Waals surface area contributed by atoms with Crippen molar-refractivity contribution >= 4 is 0 Å². The van der Waals surface area contributed by atoms with Gasteiger partial charge in [-0.3, -0.25) is 4.68 Å². The summed E-state index contributed by atoms with van der Waals surface area (Å²) in [5.74, 6) is 4.20. The molecule has 1 heterocycles. The van der Waals surface area contributed by atoms with E-state index >= 15 is 0 Å². The van der Waals surface area contributed by atoms with E-state index in [1.807, 2.05) is 0 Å². The number of hydrogen-bond donors (Lipinski definition) is 1. The molecule has 0 amide bonds. The van der Waals surface area contributed by atoms with Gasteiger partial charge in [-0.2, -0.15) is 5.10 Å². The number of aromatic nitrogens is 2. The number of nitrogens with zero attached hydrogens (tertiary/aromatic N) is 2. The maximum absolute atomic E-state index is 4.84. The van der Waals surface area contributed by atoms with Crippen molar-refractivity contribution in [2.75, 3.05) is 0 Å². The molecule has 114 valence electrons. The van der Waals surface area contributed by atoms with Gasteiger partial charge < -0.3 is 5.32 Å². The van der Waals surface area contributed by atoms with Crippen LogP contribution < -0.4 is 5.32 Å². The first-order valence-electron chi connectivity index (χ1n) is 9.17. The van der Waals surface area contributed by atoms with E-state index < -0.39 is 0 Å². The first-order valence-corrected chi connectivity index (χ1v) is 9.17. The molecule has 4 fully saturated rings. The molecule has 0 spiro atoms. The van der Waals surface area contributed by atoms with Crippen LogP contribution in [0.2, 0.25) is 0 Å². The summed E-state index contributed by atoms with van der Waals surface area (Å²) in [6, 6.07) is 3.73. The zero-order valence-corrected chi connectivity index (χ0v) is 12.9. The fourth-order valence-electron chi connectivity index (χ4n) is 5.84. The summed E-state index contributed by atoms with van der Waals surface area (Å²) >= 11 is 0. The van der Waals surface area contributed by atoms with Crippen LogP contribution in [0.3, 0.4) is 0 Å². The summed E-state index contributed by atoms with van der Waals surface area (Å²) in [6.07, 6.45) is 13.6. The predicted molar refractivity (Wildman–Crippen MR) is 82.8 cm³/mol. The van der Waals surface area contributed by atoms with Gasteiger partial charge in [-0.1, -0.05) is 19.3 Å². The third-order valence-electron chi connectivity index (χ3n) is 6.87. The van der Waals surface area contributed by atoms with E-state index in [1.165, 1.54) is 50.6 Å². The maximum Gasteiger partial charge on any atom is 0.0762 e. The molecule has 4 aliphatic carbocycles. The molecule has 1 aromatic rings. The molecule has 0 saturated heterocycles. The van der Waals surface area contributed by atoms with Crippen LogP contribution in [0.5, 0.6) is 0 Å². The molecule has 3 nitrogen and oxygen atoms in total. The standard InChI is InChI=1S/C18H27N3/c1-2-4-15(5-3-1)21-9-8-14(20-21)11-19-18-16-12-6-7-13(10-12)17(16)18/h8-9,12-13,15-19H,1-7,10-11H2. The van der Waals surface area contributed by atoms with Crippen molar-refractivity contribution in [3.63, 3.8) is 0 Å². The van der Waals surface area contributed by atoms with Crippen molar-refractivity contribution in [3.8, 4) is 0 Å². The molecular weight excluding hydrogens is 258 g/mol. The van der Waals surface area contributed by atoms with Crippen LogP contribution >= 0.6 is 0 Å². The lowest BCUT2D eigenvalue weighted by Gasteiger charge is -2.21. The Balaban J connectivity index is 1.18. The summed E-state index contributed by atoms with van der Waals surface area (Å²) in [5.41, 5.74) is 1.25. The van der Waals surface area contributed by atoms with Crippen LogP contribution in [0.25, 0.3) is 0 Å². The van der Waals surface area contributed by atoms with Crippen LogP contribution in [-0.4, -0.2) is 15.8 Å². The molecular formula is C18H27N3. The molecule has 0 aliphatic heterocycles. The molecule has 1 aromatic heterocycles. The predicted octanol–water partition coefficient (Wildman–Crippen LogP) is 3.52. The summed E-state index contributed by atoms with van der Waals surface area (Å²) in [7, 11) is 0. The third kappa shape index (κ3) is 2.08. The molecule has 4 aliphatic rings. The Hall–Kier alpha value is -0.830. The maximum atomic E-state index is 4.84. The fraction of sp³-hybridized carbons (Fsp3) is 0.833. The Bertz CT molecular complexity index is 500. The summed E-state index contributed by atoms with van der Waals surface area (Å²) < 4.78 is 2.24. The Labute approximate surface area is 127 Å². The monoisotopic (exact) mass is 285 g/mol. The van der Waals surface area contributed by atoms with E-state index in [2.05, 4.69) is 22.3 Å². The Morgan fingerprint density at radius 2 is 1.81 bits per heavy atom. The molecule has 1 N–H and O–H groups in total. The number of fused-ring (bicyclic) bond motifs is 5. The molecule has 2 bridgehead atoms. The number of hydrogen-bond acceptors (Lipinski definition) is 2. The van der Waals surface area contributed by atoms with Gasteiger partial charge in [0, 0.05) is 18.8 Å². The molecule has 3 heteroatoms. The first-order chi connectivity index (χ1) is 10.4. The molecule has 21 heavy (non-hydrogen) atoms. The average Bonchev–Trinajstić information content (AvgIpc) is 2.95. The lowest BCUT2D eigenvalue weighted by atomic mass is 9.96. The molecule has 5 rings (SSSR count). The van der Waals surface area contributed by atoms with Crippen molar-refractivity contribution in [1.82, 2.24) is 15.1 Å². The molecule has 4 atom stereocenters. The topological polar surface area (TPSA) is 29.9 Å². The highest BCUT2D eigenvalue weighted by Crippen LogP contribution is 2.65. The van der Waals surface area contributed by atoms with Gasteiger partial charge in [0.2, 0.25) is 0 Å². The minimum absolute atomic E-state index is 0.670. The largest absolute Gasteiger partial charge is 0.308 e. The van der Waals surface area contributed by atoms with Crippen molar-refractivity contribution < 1.29 is 0 Å². The molecule has 4 saturated carbocycles. The zero-order chi connectivity index (χ0) is 13.8. The first kappa shape index (κ1) is 12.7. The lowest BCUT2D eigenvalue weighted by molar-refractivity contribution is 0.327. The van der Waals surface area contributed by atoms with Crippen LogP contribution in [0, 0.1) is 23.7 Å². The van der Waals surface area contributed by atoms with Gasteiger partial charge in [0.1, 0.15) is 0 Å². The highest BCUT2D eigenvalue weighted by atomic mass is 15.3. The van der Waals surface area contributed by atoms with Gasteiger partial charge in [-0.15, -0.1) is 0 Å².